The van der Waals surface area contributed by atoms with Crippen LogP contribution in [0.25, 0.3) is 0 Å². The van der Waals surface area contributed by atoms with E-state index in [0.717, 1.165) is 11.1 Å². The molecule has 110 valence electrons. The zero-order chi connectivity index (χ0) is 15.4. The molecule has 0 aliphatic carbocycles. The standard InChI is InChI=1S/C18H16N2OS/c1-13-6-8-14(9-7-13)17(15-4-2-10-19-12-15)20-18(21)16-5-3-11-22-16/h2-12,17H,1H3,(H,20,21)/t17-/m1/s1. The molecule has 0 aliphatic rings. The van der Waals surface area contributed by atoms with E-state index in [1.807, 2.05) is 48.7 Å². The molecule has 0 aliphatic heterocycles. The van der Waals surface area contributed by atoms with Gasteiger partial charge >= 0.3 is 0 Å². The molecule has 0 radical (unpaired) electrons. The summed E-state index contributed by atoms with van der Waals surface area (Å²) in [6, 6.07) is 15.6. The number of aryl methyl sites for hydroxylation is 1. The SMILES string of the molecule is Cc1ccc([C@@H](NC(=O)c2cccs2)c2cccnc2)cc1. The number of pyridine rings is 1. The average Bonchev–Trinajstić information content (AvgIpc) is 3.09. The first-order valence-electron chi connectivity index (χ1n) is 7.05. The predicted octanol–water partition coefficient (Wildman–Crippen LogP) is 3.97. The molecule has 1 atom stereocenters. The molecule has 2 aromatic heterocycles. The van der Waals surface area contributed by atoms with E-state index < -0.39 is 0 Å². The van der Waals surface area contributed by atoms with Gasteiger partial charge in [0.1, 0.15) is 0 Å². The highest BCUT2D eigenvalue weighted by atomic mass is 32.1. The van der Waals surface area contributed by atoms with E-state index >= 15 is 0 Å². The number of thiophene rings is 1. The molecule has 1 aromatic carbocycles. The maximum absolute atomic E-state index is 12.4. The van der Waals surface area contributed by atoms with Crippen molar-refractivity contribution in [3.05, 3.63) is 87.9 Å². The number of carbonyl (C=O) groups excluding carboxylic acids is 1. The van der Waals surface area contributed by atoms with Gasteiger partial charge in [-0.15, -0.1) is 11.3 Å². The lowest BCUT2D eigenvalue weighted by atomic mass is 9.99. The fourth-order valence-corrected chi connectivity index (χ4v) is 2.90. The molecule has 3 nitrogen and oxygen atoms in total. The summed E-state index contributed by atoms with van der Waals surface area (Å²) in [6.07, 6.45) is 3.52. The van der Waals surface area contributed by atoms with Gasteiger partial charge in [-0.2, -0.15) is 0 Å². The second-order valence-corrected chi connectivity index (χ2v) is 6.03. The quantitative estimate of drug-likeness (QED) is 0.792. The van der Waals surface area contributed by atoms with Crippen molar-refractivity contribution in [1.29, 1.82) is 0 Å². The first-order valence-corrected chi connectivity index (χ1v) is 7.93. The van der Waals surface area contributed by atoms with Crippen LogP contribution in [0.4, 0.5) is 0 Å². The van der Waals surface area contributed by atoms with Crippen LogP contribution in [-0.4, -0.2) is 10.9 Å². The summed E-state index contributed by atoms with van der Waals surface area (Å²) in [4.78, 5) is 17.3. The maximum Gasteiger partial charge on any atom is 0.262 e. The van der Waals surface area contributed by atoms with Gasteiger partial charge in [-0.1, -0.05) is 42.0 Å². The molecule has 3 aromatic rings. The van der Waals surface area contributed by atoms with Gasteiger partial charge in [-0.3, -0.25) is 9.78 Å². The van der Waals surface area contributed by atoms with Gasteiger partial charge in [-0.05, 0) is 35.6 Å². The minimum atomic E-state index is -0.205. The van der Waals surface area contributed by atoms with Crippen LogP contribution in [0.1, 0.15) is 32.4 Å². The normalized spacial score (nSPS) is 11.9. The van der Waals surface area contributed by atoms with Crippen LogP contribution in [0.5, 0.6) is 0 Å². The Morgan fingerprint density at radius 3 is 2.55 bits per heavy atom. The van der Waals surface area contributed by atoms with Gasteiger partial charge in [0.15, 0.2) is 0 Å². The Morgan fingerprint density at radius 1 is 1.09 bits per heavy atom. The van der Waals surface area contributed by atoms with Crippen molar-refractivity contribution in [2.45, 2.75) is 13.0 Å². The van der Waals surface area contributed by atoms with Crippen molar-refractivity contribution in [1.82, 2.24) is 10.3 Å². The van der Waals surface area contributed by atoms with Gasteiger partial charge in [0.05, 0.1) is 10.9 Å². The van der Waals surface area contributed by atoms with Gasteiger partial charge in [0.2, 0.25) is 0 Å². The van der Waals surface area contributed by atoms with Crippen molar-refractivity contribution < 1.29 is 4.79 Å². The highest BCUT2D eigenvalue weighted by molar-refractivity contribution is 7.12. The highest BCUT2D eigenvalue weighted by Crippen LogP contribution is 2.23. The number of rotatable bonds is 4. The van der Waals surface area contributed by atoms with Crippen molar-refractivity contribution in [2.75, 3.05) is 0 Å². The van der Waals surface area contributed by atoms with Crippen LogP contribution in [0.2, 0.25) is 0 Å². The summed E-state index contributed by atoms with van der Waals surface area (Å²) in [5.41, 5.74) is 3.21. The number of nitrogens with zero attached hydrogens (tertiary/aromatic N) is 1. The number of nitrogens with one attached hydrogen (secondary N) is 1. The van der Waals surface area contributed by atoms with Gasteiger partial charge in [0.25, 0.3) is 5.91 Å². The van der Waals surface area contributed by atoms with E-state index in [4.69, 9.17) is 0 Å². The zero-order valence-corrected chi connectivity index (χ0v) is 13.0. The third-order valence-corrected chi connectivity index (χ3v) is 4.32. The molecular weight excluding hydrogens is 292 g/mol. The Labute approximate surface area is 133 Å². The highest BCUT2D eigenvalue weighted by Gasteiger charge is 2.18. The minimum Gasteiger partial charge on any atom is -0.340 e. The molecule has 3 rings (SSSR count). The predicted molar refractivity (Wildman–Crippen MR) is 89.0 cm³/mol. The summed E-state index contributed by atoms with van der Waals surface area (Å²) in [7, 11) is 0. The van der Waals surface area contributed by atoms with E-state index in [0.29, 0.717) is 4.88 Å². The maximum atomic E-state index is 12.4. The average molecular weight is 308 g/mol. The molecule has 0 unspecified atom stereocenters. The van der Waals surface area contributed by atoms with Gasteiger partial charge in [-0.25, -0.2) is 0 Å². The molecule has 22 heavy (non-hydrogen) atoms. The number of hydrogen-bond acceptors (Lipinski definition) is 3. The second kappa shape index (κ2) is 6.54. The molecule has 0 bridgehead atoms. The second-order valence-electron chi connectivity index (χ2n) is 5.08. The molecule has 1 N–H and O–H groups in total. The topological polar surface area (TPSA) is 42.0 Å². The first kappa shape index (κ1) is 14.5. The van der Waals surface area contributed by atoms with Crippen LogP contribution in [-0.2, 0) is 0 Å². The smallest absolute Gasteiger partial charge is 0.262 e. The first-order chi connectivity index (χ1) is 10.7. The molecule has 0 fully saturated rings. The van der Waals surface area contributed by atoms with E-state index in [2.05, 4.69) is 22.4 Å². The Bertz CT molecular complexity index is 737. The fourth-order valence-electron chi connectivity index (χ4n) is 2.27. The van der Waals surface area contributed by atoms with Crippen molar-refractivity contribution in [3.63, 3.8) is 0 Å². The summed E-state index contributed by atoms with van der Waals surface area (Å²) in [5.74, 6) is -0.0653. The third kappa shape index (κ3) is 3.23. The molecule has 0 saturated carbocycles. The van der Waals surface area contributed by atoms with Crippen LogP contribution in [0.3, 0.4) is 0 Å². The molecular formula is C18H16N2OS. The number of benzene rings is 1. The van der Waals surface area contributed by atoms with Crippen LogP contribution >= 0.6 is 11.3 Å². The summed E-state index contributed by atoms with van der Waals surface area (Å²) >= 11 is 1.44. The van der Waals surface area contributed by atoms with E-state index in [9.17, 15) is 4.79 Å². The lowest BCUT2D eigenvalue weighted by Crippen LogP contribution is -2.28. The summed E-state index contributed by atoms with van der Waals surface area (Å²) in [5, 5.41) is 5.01. The number of hydrogen-bond donors (Lipinski definition) is 1. The van der Waals surface area contributed by atoms with Gasteiger partial charge < -0.3 is 5.32 Å². The largest absolute Gasteiger partial charge is 0.340 e. The monoisotopic (exact) mass is 308 g/mol. The molecule has 0 spiro atoms. The zero-order valence-electron chi connectivity index (χ0n) is 12.2. The van der Waals surface area contributed by atoms with E-state index in [1.165, 1.54) is 16.9 Å². The lowest BCUT2D eigenvalue weighted by Gasteiger charge is -2.19. The van der Waals surface area contributed by atoms with Crippen molar-refractivity contribution >= 4 is 17.2 Å². The number of amides is 1. The molecule has 4 heteroatoms. The summed E-state index contributed by atoms with van der Waals surface area (Å²) < 4.78 is 0. The van der Waals surface area contributed by atoms with Crippen LogP contribution in [0.15, 0.2) is 66.3 Å². The third-order valence-electron chi connectivity index (χ3n) is 3.45. The van der Waals surface area contributed by atoms with E-state index in [1.54, 1.807) is 12.4 Å². The van der Waals surface area contributed by atoms with Crippen LogP contribution in [0, 0.1) is 6.92 Å². The van der Waals surface area contributed by atoms with Gasteiger partial charge in [0, 0.05) is 12.4 Å². The lowest BCUT2D eigenvalue weighted by molar-refractivity contribution is 0.0947. The molecule has 1 amide bonds. The van der Waals surface area contributed by atoms with Crippen molar-refractivity contribution in [3.8, 4) is 0 Å². The van der Waals surface area contributed by atoms with Crippen molar-refractivity contribution in [2.24, 2.45) is 0 Å². The minimum absolute atomic E-state index is 0.0653. The Morgan fingerprint density at radius 2 is 1.91 bits per heavy atom. The Kier molecular flexibility index (Phi) is 4.30. The fraction of sp³-hybridized carbons (Fsp3) is 0.111. The molecule has 2 heterocycles. The molecule has 0 saturated heterocycles. The van der Waals surface area contributed by atoms with E-state index in [-0.39, 0.29) is 11.9 Å². The Hall–Kier alpha value is -2.46. The number of aromatic nitrogens is 1. The summed E-state index contributed by atoms with van der Waals surface area (Å²) in [6.45, 7) is 2.05. The number of carbonyl (C=O) groups is 1. The Balaban J connectivity index is 1.93. The van der Waals surface area contributed by atoms with Crippen LogP contribution < -0.4 is 5.32 Å².